The normalized spacial score (nSPS) is 14.8. The van der Waals surface area contributed by atoms with E-state index in [1.807, 2.05) is 25.1 Å². The van der Waals surface area contributed by atoms with Crippen molar-refractivity contribution >= 4 is 23.5 Å². The third kappa shape index (κ3) is 5.34. The number of nitrogens with zero attached hydrogens (tertiary/aromatic N) is 3. The molecule has 0 bridgehead atoms. The Morgan fingerprint density at radius 3 is 2.57 bits per heavy atom. The van der Waals surface area contributed by atoms with Crippen LogP contribution in [0.4, 0.5) is 22.2 Å². The van der Waals surface area contributed by atoms with Crippen molar-refractivity contribution in [3.63, 3.8) is 0 Å². The maximum atomic E-state index is 11.8. The van der Waals surface area contributed by atoms with Crippen LogP contribution in [0, 0.1) is 0 Å². The number of aromatic nitrogens is 2. The Kier molecular flexibility index (Phi) is 6.68. The lowest BCUT2D eigenvalue weighted by molar-refractivity contribution is 0.0983. The second-order valence-corrected chi connectivity index (χ2v) is 7.27. The fraction of sp³-hybridized carbons (Fsp3) is 0.476. The average molecular weight is 383 g/mol. The van der Waals surface area contributed by atoms with E-state index in [9.17, 15) is 4.79 Å². The number of rotatable bonds is 6. The number of ether oxygens (including phenoxy) is 1. The van der Waals surface area contributed by atoms with Gasteiger partial charge in [0.15, 0.2) is 0 Å². The van der Waals surface area contributed by atoms with Crippen LogP contribution >= 0.6 is 0 Å². The molecule has 2 heterocycles. The first-order valence-corrected chi connectivity index (χ1v) is 9.93. The first-order valence-electron chi connectivity index (χ1n) is 9.93. The molecule has 1 fully saturated rings. The molecule has 0 spiro atoms. The van der Waals surface area contributed by atoms with E-state index in [4.69, 9.17) is 4.74 Å². The van der Waals surface area contributed by atoms with E-state index in [1.54, 1.807) is 11.1 Å². The predicted molar refractivity (Wildman–Crippen MR) is 111 cm³/mol. The molecule has 1 saturated heterocycles. The van der Waals surface area contributed by atoms with Gasteiger partial charge < -0.3 is 20.3 Å². The number of hydrogen-bond donors (Lipinski definition) is 2. The molecule has 28 heavy (non-hydrogen) atoms. The Bertz CT molecular complexity index is 771. The van der Waals surface area contributed by atoms with Crippen molar-refractivity contribution in [3.05, 3.63) is 42.1 Å². The summed E-state index contributed by atoms with van der Waals surface area (Å²) in [5.41, 5.74) is 2.26. The summed E-state index contributed by atoms with van der Waals surface area (Å²) in [5.74, 6) is 1.85. The van der Waals surface area contributed by atoms with E-state index in [-0.39, 0.29) is 12.1 Å². The summed E-state index contributed by atoms with van der Waals surface area (Å²) in [4.78, 5) is 22.4. The van der Waals surface area contributed by atoms with Crippen molar-refractivity contribution < 1.29 is 9.53 Å². The van der Waals surface area contributed by atoms with Crippen LogP contribution in [-0.4, -0.2) is 46.7 Å². The van der Waals surface area contributed by atoms with Crippen LogP contribution in [0.25, 0.3) is 0 Å². The predicted octanol–water partition coefficient (Wildman–Crippen LogP) is 4.38. The fourth-order valence-electron chi connectivity index (χ4n) is 3.21. The largest absolute Gasteiger partial charge is 0.450 e. The van der Waals surface area contributed by atoms with Gasteiger partial charge in [-0.15, -0.1) is 0 Å². The molecule has 3 rings (SSSR count). The van der Waals surface area contributed by atoms with Crippen LogP contribution in [0.15, 0.2) is 36.5 Å². The summed E-state index contributed by atoms with van der Waals surface area (Å²) in [7, 11) is 0. The van der Waals surface area contributed by atoms with Gasteiger partial charge >= 0.3 is 6.09 Å². The van der Waals surface area contributed by atoms with E-state index in [0.717, 1.165) is 24.3 Å². The number of carbonyl (C=O) groups is 1. The number of piperidine rings is 1. The van der Waals surface area contributed by atoms with Gasteiger partial charge in [0.1, 0.15) is 5.82 Å². The van der Waals surface area contributed by atoms with Gasteiger partial charge in [-0.3, -0.25) is 0 Å². The van der Waals surface area contributed by atoms with Crippen LogP contribution < -0.4 is 10.6 Å². The van der Waals surface area contributed by atoms with Crippen LogP contribution in [0.3, 0.4) is 0 Å². The topological polar surface area (TPSA) is 79.4 Å². The number of likely N-dealkylation sites (tertiary alicyclic amines) is 1. The van der Waals surface area contributed by atoms with Crippen LogP contribution in [0.2, 0.25) is 0 Å². The summed E-state index contributed by atoms with van der Waals surface area (Å²) >= 11 is 0. The Morgan fingerprint density at radius 2 is 1.93 bits per heavy atom. The first-order chi connectivity index (χ1) is 13.5. The summed E-state index contributed by atoms with van der Waals surface area (Å²) in [6, 6.07) is 10.5. The molecule has 0 saturated carbocycles. The Morgan fingerprint density at radius 1 is 1.21 bits per heavy atom. The SMILES string of the molecule is CCOC(=O)N1CCC(Nc2ccnc(Nc3ccc(C(C)C)cc3)n2)CC1. The van der Waals surface area contributed by atoms with Crippen molar-refractivity contribution in [1.29, 1.82) is 0 Å². The summed E-state index contributed by atoms with van der Waals surface area (Å²) in [6.07, 6.45) is 3.25. The van der Waals surface area contributed by atoms with Crippen molar-refractivity contribution in [1.82, 2.24) is 14.9 Å². The Balaban J connectivity index is 1.54. The fourth-order valence-corrected chi connectivity index (χ4v) is 3.21. The molecule has 0 radical (unpaired) electrons. The Hall–Kier alpha value is -2.83. The molecule has 1 amide bonds. The van der Waals surface area contributed by atoms with E-state index in [2.05, 4.69) is 46.6 Å². The quantitative estimate of drug-likeness (QED) is 0.771. The summed E-state index contributed by atoms with van der Waals surface area (Å²) in [6.45, 7) is 7.97. The number of hydrogen-bond acceptors (Lipinski definition) is 6. The second-order valence-electron chi connectivity index (χ2n) is 7.27. The number of benzene rings is 1. The third-order valence-electron chi connectivity index (χ3n) is 4.86. The minimum Gasteiger partial charge on any atom is -0.450 e. The minimum absolute atomic E-state index is 0.224. The number of amides is 1. The van der Waals surface area contributed by atoms with Crippen LogP contribution in [0.1, 0.15) is 45.1 Å². The molecular weight excluding hydrogens is 354 g/mol. The minimum atomic E-state index is -0.224. The molecule has 0 atom stereocenters. The molecule has 1 aliphatic rings. The molecule has 0 aliphatic carbocycles. The summed E-state index contributed by atoms with van der Waals surface area (Å²) in [5, 5.41) is 6.70. The van der Waals surface area contributed by atoms with Gasteiger partial charge in [-0.2, -0.15) is 4.98 Å². The van der Waals surface area contributed by atoms with Crippen LogP contribution in [-0.2, 0) is 4.74 Å². The molecule has 2 aromatic rings. The highest BCUT2D eigenvalue weighted by Crippen LogP contribution is 2.20. The van der Waals surface area contributed by atoms with Gasteiger partial charge in [0.2, 0.25) is 5.95 Å². The van der Waals surface area contributed by atoms with Crippen molar-refractivity contribution in [2.24, 2.45) is 0 Å². The van der Waals surface area contributed by atoms with Gasteiger partial charge in [0.05, 0.1) is 6.61 Å². The maximum Gasteiger partial charge on any atom is 0.409 e. The number of anilines is 3. The highest BCUT2D eigenvalue weighted by atomic mass is 16.6. The highest BCUT2D eigenvalue weighted by Gasteiger charge is 2.23. The molecule has 1 aliphatic heterocycles. The van der Waals surface area contributed by atoms with Gasteiger partial charge in [-0.25, -0.2) is 9.78 Å². The van der Waals surface area contributed by atoms with Gasteiger partial charge in [0, 0.05) is 31.0 Å². The molecule has 0 unspecified atom stereocenters. The average Bonchev–Trinajstić information content (AvgIpc) is 2.69. The van der Waals surface area contributed by atoms with Crippen molar-refractivity contribution in [2.75, 3.05) is 30.3 Å². The standard InChI is InChI=1S/C21H29N5O2/c1-4-28-21(27)26-13-10-18(11-14-26)23-19-9-12-22-20(25-19)24-17-7-5-16(6-8-17)15(2)3/h5-9,12,15,18H,4,10-11,13-14H2,1-3H3,(H2,22,23,24,25). The third-order valence-corrected chi connectivity index (χ3v) is 4.86. The monoisotopic (exact) mass is 383 g/mol. The van der Waals surface area contributed by atoms with Crippen molar-refractivity contribution in [2.45, 2.75) is 45.6 Å². The lowest BCUT2D eigenvalue weighted by Gasteiger charge is -2.31. The van der Waals surface area contributed by atoms with E-state index in [0.29, 0.717) is 31.6 Å². The molecule has 1 aromatic carbocycles. The molecule has 7 heteroatoms. The zero-order valence-corrected chi connectivity index (χ0v) is 16.8. The van der Waals surface area contributed by atoms with Crippen molar-refractivity contribution in [3.8, 4) is 0 Å². The second kappa shape index (κ2) is 9.39. The van der Waals surface area contributed by atoms with E-state index >= 15 is 0 Å². The smallest absolute Gasteiger partial charge is 0.409 e. The first kappa shape index (κ1) is 19.9. The number of carbonyl (C=O) groups excluding carboxylic acids is 1. The maximum absolute atomic E-state index is 11.8. The molecular formula is C21H29N5O2. The lowest BCUT2D eigenvalue weighted by Crippen LogP contribution is -2.42. The molecule has 2 N–H and O–H groups in total. The molecule has 150 valence electrons. The molecule has 1 aromatic heterocycles. The van der Waals surface area contributed by atoms with Gasteiger partial charge in [-0.05, 0) is 49.4 Å². The zero-order valence-electron chi connectivity index (χ0n) is 16.8. The Labute approximate surface area is 166 Å². The summed E-state index contributed by atoms with van der Waals surface area (Å²) < 4.78 is 5.07. The highest BCUT2D eigenvalue weighted by molar-refractivity contribution is 5.67. The molecule has 7 nitrogen and oxygen atoms in total. The number of nitrogens with one attached hydrogen (secondary N) is 2. The lowest BCUT2D eigenvalue weighted by atomic mass is 10.0. The van der Waals surface area contributed by atoms with E-state index in [1.165, 1.54) is 5.56 Å². The zero-order chi connectivity index (χ0) is 19.9. The van der Waals surface area contributed by atoms with E-state index < -0.39 is 0 Å². The van der Waals surface area contributed by atoms with Crippen LogP contribution in [0.5, 0.6) is 0 Å². The van der Waals surface area contributed by atoms with Gasteiger partial charge in [-0.1, -0.05) is 26.0 Å². The van der Waals surface area contributed by atoms with Gasteiger partial charge in [0.25, 0.3) is 0 Å².